The topological polar surface area (TPSA) is 68.5 Å². The van der Waals surface area contributed by atoms with Crippen molar-refractivity contribution in [2.75, 3.05) is 19.7 Å². The summed E-state index contributed by atoms with van der Waals surface area (Å²) in [6.07, 6.45) is 1.77. The van der Waals surface area contributed by atoms with Gasteiger partial charge in [0.25, 0.3) is 5.91 Å². The normalized spacial score (nSPS) is 16.9. The van der Waals surface area contributed by atoms with Gasteiger partial charge < -0.3 is 14.1 Å². The van der Waals surface area contributed by atoms with E-state index in [4.69, 9.17) is 32.4 Å². The minimum absolute atomic E-state index is 0.0247. The van der Waals surface area contributed by atoms with Gasteiger partial charge in [0.2, 0.25) is 11.8 Å². The minimum atomic E-state index is -0.103. The van der Waals surface area contributed by atoms with Crippen molar-refractivity contribution in [2.45, 2.75) is 18.8 Å². The fraction of sp³-hybridized carbons (Fsp3) is 0.316. The van der Waals surface area contributed by atoms with E-state index in [2.05, 4.69) is 10.2 Å². The first-order valence-electron chi connectivity index (χ1n) is 8.82. The van der Waals surface area contributed by atoms with Crippen LogP contribution in [0.2, 0.25) is 10.0 Å². The molecule has 1 aromatic carbocycles. The number of rotatable bonds is 5. The molecule has 1 aliphatic rings. The molecule has 28 heavy (non-hydrogen) atoms. The van der Waals surface area contributed by atoms with Crippen molar-refractivity contribution in [2.24, 2.45) is 0 Å². The first-order valence-corrected chi connectivity index (χ1v) is 10.5. The summed E-state index contributed by atoms with van der Waals surface area (Å²) in [6, 6.07) is 6.85. The molecule has 0 bridgehead atoms. The lowest BCUT2D eigenvalue weighted by Gasteiger charge is -2.31. The number of benzene rings is 1. The Bertz CT molecular complexity index is 961. The molecule has 0 spiro atoms. The van der Waals surface area contributed by atoms with Crippen LogP contribution in [0.5, 0.6) is 5.75 Å². The zero-order valence-corrected chi connectivity index (χ0v) is 17.1. The lowest BCUT2D eigenvalue weighted by molar-refractivity contribution is -0.134. The van der Waals surface area contributed by atoms with Gasteiger partial charge in [0.15, 0.2) is 6.61 Å². The molecule has 4 rings (SSSR count). The summed E-state index contributed by atoms with van der Waals surface area (Å²) in [5.74, 6) is 1.44. The molecule has 0 radical (unpaired) electrons. The highest BCUT2D eigenvalue weighted by molar-refractivity contribution is 7.08. The quantitative estimate of drug-likeness (QED) is 0.568. The van der Waals surface area contributed by atoms with Gasteiger partial charge in [-0.05, 0) is 42.5 Å². The Balaban J connectivity index is 1.37. The monoisotopic (exact) mass is 437 g/mol. The van der Waals surface area contributed by atoms with Gasteiger partial charge in [0, 0.05) is 29.1 Å². The Morgan fingerprint density at radius 1 is 1.32 bits per heavy atom. The molecule has 0 N–H and O–H groups in total. The number of thiophene rings is 1. The highest BCUT2D eigenvalue weighted by atomic mass is 35.5. The Labute approximate surface area is 176 Å². The molecule has 0 aliphatic carbocycles. The van der Waals surface area contributed by atoms with E-state index in [9.17, 15) is 4.79 Å². The molecule has 9 heteroatoms. The number of carbonyl (C=O) groups excluding carboxylic acids is 1. The molecule has 0 saturated carbocycles. The summed E-state index contributed by atoms with van der Waals surface area (Å²) < 4.78 is 11.4. The maximum absolute atomic E-state index is 12.6. The second-order valence-corrected chi connectivity index (χ2v) is 8.12. The van der Waals surface area contributed by atoms with Gasteiger partial charge in [-0.15, -0.1) is 10.2 Å². The first kappa shape index (κ1) is 19.2. The van der Waals surface area contributed by atoms with Crippen LogP contribution in [0.1, 0.15) is 24.7 Å². The van der Waals surface area contributed by atoms with Crippen molar-refractivity contribution in [3.8, 4) is 17.2 Å². The van der Waals surface area contributed by atoms with E-state index in [1.807, 2.05) is 16.8 Å². The second kappa shape index (κ2) is 8.51. The summed E-state index contributed by atoms with van der Waals surface area (Å²) in [7, 11) is 0. The Kier molecular flexibility index (Phi) is 5.85. The molecule has 3 aromatic rings. The number of hydrogen-bond donors (Lipinski definition) is 0. The number of carbonyl (C=O) groups is 1. The van der Waals surface area contributed by atoms with Gasteiger partial charge in [-0.1, -0.05) is 23.2 Å². The van der Waals surface area contributed by atoms with Crippen molar-refractivity contribution in [3.05, 3.63) is 51.0 Å². The number of halogens is 2. The molecule has 1 unspecified atom stereocenters. The van der Waals surface area contributed by atoms with Crippen molar-refractivity contribution < 1.29 is 13.9 Å². The molecule has 2 aromatic heterocycles. The maximum Gasteiger partial charge on any atom is 0.260 e. The van der Waals surface area contributed by atoms with Crippen LogP contribution in [0.3, 0.4) is 0 Å². The summed E-state index contributed by atoms with van der Waals surface area (Å²) >= 11 is 13.5. The van der Waals surface area contributed by atoms with Crippen molar-refractivity contribution in [1.82, 2.24) is 15.1 Å². The van der Waals surface area contributed by atoms with E-state index in [-0.39, 0.29) is 18.4 Å². The van der Waals surface area contributed by atoms with Crippen LogP contribution in [-0.2, 0) is 4.79 Å². The molecular formula is C19H17Cl2N3O3S. The zero-order chi connectivity index (χ0) is 19.5. The third kappa shape index (κ3) is 4.32. The van der Waals surface area contributed by atoms with Crippen molar-refractivity contribution >= 4 is 40.4 Å². The van der Waals surface area contributed by atoms with Crippen LogP contribution in [0.15, 0.2) is 39.4 Å². The number of likely N-dealkylation sites (tertiary alicyclic amines) is 1. The smallest absolute Gasteiger partial charge is 0.260 e. The van der Waals surface area contributed by atoms with Crippen molar-refractivity contribution in [3.63, 3.8) is 0 Å². The van der Waals surface area contributed by atoms with Crippen LogP contribution < -0.4 is 4.74 Å². The lowest BCUT2D eigenvalue weighted by Crippen LogP contribution is -2.41. The SMILES string of the molecule is O=C(COc1ccc(Cl)cc1Cl)N1CCCC(c2nnc(-c3ccsc3)o2)C1. The van der Waals surface area contributed by atoms with E-state index in [0.717, 1.165) is 18.4 Å². The van der Waals surface area contributed by atoms with Gasteiger partial charge in [-0.2, -0.15) is 11.3 Å². The molecule has 6 nitrogen and oxygen atoms in total. The average molecular weight is 438 g/mol. The second-order valence-electron chi connectivity index (χ2n) is 6.50. The van der Waals surface area contributed by atoms with Gasteiger partial charge in [-0.3, -0.25) is 4.79 Å². The van der Waals surface area contributed by atoms with E-state index >= 15 is 0 Å². The predicted molar refractivity (Wildman–Crippen MR) is 108 cm³/mol. The number of hydrogen-bond acceptors (Lipinski definition) is 6. The van der Waals surface area contributed by atoms with E-state index in [1.54, 1.807) is 34.4 Å². The summed E-state index contributed by atoms with van der Waals surface area (Å²) in [5, 5.41) is 13.2. The van der Waals surface area contributed by atoms with Gasteiger partial charge in [-0.25, -0.2) is 0 Å². The Morgan fingerprint density at radius 3 is 3.00 bits per heavy atom. The van der Waals surface area contributed by atoms with Gasteiger partial charge in [0.1, 0.15) is 5.75 Å². The third-order valence-corrected chi connectivity index (χ3v) is 5.79. The molecular weight excluding hydrogens is 421 g/mol. The minimum Gasteiger partial charge on any atom is -0.482 e. The highest BCUT2D eigenvalue weighted by Crippen LogP contribution is 2.30. The molecule has 1 atom stereocenters. The fourth-order valence-corrected chi connectivity index (χ4v) is 4.22. The van der Waals surface area contributed by atoms with Crippen molar-refractivity contribution in [1.29, 1.82) is 0 Å². The summed E-state index contributed by atoms with van der Waals surface area (Å²) in [6.45, 7) is 1.12. The molecule has 1 saturated heterocycles. The number of aromatic nitrogens is 2. The van der Waals surface area contributed by atoms with E-state index in [0.29, 0.717) is 40.7 Å². The first-order chi connectivity index (χ1) is 13.6. The predicted octanol–water partition coefficient (Wildman–Crippen LogP) is 4.89. The standard InChI is InChI=1S/C19H17Cl2N3O3S/c20-14-3-4-16(15(21)8-14)26-10-17(25)24-6-1-2-12(9-24)18-22-23-19(27-18)13-5-7-28-11-13/h3-5,7-8,11-12H,1-2,6,9-10H2. The third-order valence-electron chi connectivity index (χ3n) is 4.58. The number of nitrogens with zero attached hydrogens (tertiary/aromatic N) is 3. The maximum atomic E-state index is 12.6. The molecule has 146 valence electrons. The van der Waals surface area contributed by atoms with Crippen LogP contribution in [0, 0.1) is 0 Å². The number of amides is 1. The lowest BCUT2D eigenvalue weighted by atomic mass is 9.98. The van der Waals surface area contributed by atoms with Crippen LogP contribution in [0.25, 0.3) is 11.5 Å². The van der Waals surface area contributed by atoms with E-state index in [1.165, 1.54) is 0 Å². The highest BCUT2D eigenvalue weighted by Gasteiger charge is 2.29. The summed E-state index contributed by atoms with van der Waals surface area (Å²) in [4.78, 5) is 14.4. The van der Waals surface area contributed by atoms with Crippen LogP contribution in [-0.4, -0.2) is 40.7 Å². The number of piperidine rings is 1. The van der Waals surface area contributed by atoms with Crippen LogP contribution in [0.4, 0.5) is 0 Å². The molecule has 3 heterocycles. The zero-order valence-electron chi connectivity index (χ0n) is 14.8. The molecule has 1 aliphatic heterocycles. The Hall–Kier alpha value is -2.09. The van der Waals surface area contributed by atoms with Gasteiger partial charge >= 0.3 is 0 Å². The van der Waals surface area contributed by atoms with Gasteiger partial charge in [0.05, 0.1) is 10.9 Å². The van der Waals surface area contributed by atoms with Crippen LogP contribution >= 0.6 is 34.5 Å². The molecule has 1 fully saturated rings. The largest absolute Gasteiger partial charge is 0.482 e. The number of ether oxygens (including phenoxy) is 1. The average Bonchev–Trinajstić information content (AvgIpc) is 3.39. The fourth-order valence-electron chi connectivity index (χ4n) is 3.13. The summed E-state index contributed by atoms with van der Waals surface area (Å²) in [5.41, 5.74) is 0.917. The molecule has 1 amide bonds. The Morgan fingerprint density at radius 2 is 2.21 bits per heavy atom. The van der Waals surface area contributed by atoms with E-state index < -0.39 is 0 Å².